The number of rotatable bonds is 12. The maximum absolute atomic E-state index is 11.1. The van der Waals surface area contributed by atoms with Gasteiger partial charge in [0.05, 0.1) is 0 Å². The highest BCUT2D eigenvalue weighted by molar-refractivity contribution is 6.05. The molecule has 0 fully saturated rings. The van der Waals surface area contributed by atoms with E-state index in [0.29, 0.717) is 22.6 Å². The van der Waals surface area contributed by atoms with Crippen LogP contribution in [0.2, 0.25) is 0 Å². The second kappa shape index (κ2) is 15.4. The molecule has 0 aliphatic heterocycles. The van der Waals surface area contributed by atoms with Gasteiger partial charge in [-0.05, 0) is 68.8 Å². The zero-order valence-corrected chi connectivity index (χ0v) is 25.5. The number of hydrogen-bond donors (Lipinski definition) is 2. The summed E-state index contributed by atoms with van der Waals surface area (Å²) in [7, 11) is 0. The fourth-order valence-corrected chi connectivity index (χ4v) is 5.24. The van der Waals surface area contributed by atoms with Crippen LogP contribution in [0.15, 0.2) is 139 Å². The molecular formula is C40H28N2O6. The van der Waals surface area contributed by atoms with E-state index in [2.05, 4.69) is 0 Å². The normalized spacial score (nSPS) is 10.1. The number of benzene rings is 5. The molecule has 0 heterocycles. The van der Waals surface area contributed by atoms with Gasteiger partial charge >= 0.3 is 11.9 Å². The summed E-state index contributed by atoms with van der Waals surface area (Å²) < 4.78 is 10.8. The molecule has 5 aromatic rings. The predicted octanol–water partition coefficient (Wildman–Crippen LogP) is 7.47. The van der Waals surface area contributed by atoms with Gasteiger partial charge < -0.3 is 19.7 Å². The number of carbonyl (C=O) groups is 2. The summed E-state index contributed by atoms with van der Waals surface area (Å²) in [6, 6.07) is 45.1. The van der Waals surface area contributed by atoms with Crippen molar-refractivity contribution >= 4 is 28.7 Å². The number of aliphatic carboxylic acids is 2. The summed E-state index contributed by atoms with van der Waals surface area (Å²) in [5, 5.41) is 37.7. The summed E-state index contributed by atoms with van der Waals surface area (Å²) in [5.74, 6) is -1.37. The number of hydrogen-bond acceptors (Lipinski definition) is 6. The third kappa shape index (κ3) is 7.84. The van der Waals surface area contributed by atoms with Crippen LogP contribution in [0.25, 0.3) is 16.7 Å². The van der Waals surface area contributed by atoms with Crippen molar-refractivity contribution in [2.24, 2.45) is 0 Å². The van der Waals surface area contributed by atoms with Crippen LogP contribution in [0.3, 0.4) is 0 Å². The molecule has 0 saturated carbocycles. The molecule has 0 aliphatic rings. The van der Waals surface area contributed by atoms with Crippen molar-refractivity contribution in [1.29, 1.82) is 10.5 Å². The minimum atomic E-state index is -1.08. The maximum atomic E-state index is 11.1. The Labute approximate surface area is 277 Å². The zero-order valence-electron chi connectivity index (χ0n) is 25.5. The summed E-state index contributed by atoms with van der Waals surface area (Å²) in [6.07, 6.45) is 0. The van der Waals surface area contributed by atoms with Gasteiger partial charge in [-0.3, -0.25) is 0 Å². The van der Waals surface area contributed by atoms with Gasteiger partial charge in [0.25, 0.3) is 0 Å². The fourth-order valence-electron chi connectivity index (χ4n) is 5.24. The summed E-state index contributed by atoms with van der Waals surface area (Å²) in [6.45, 7) is -0.944. The molecule has 2 N–H and O–H groups in total. The van der Waals surface area contributed by atoms with Crippen molar-refractivity contribution in [3.63, 3.8) is 0 Å². The Balaban J connectivity index is 1.71. The lowest BCUT2D eigenvalue weighted by molar-refractivity contribution is -0.140. The average Bonchev–Trinajstić information content (AvgIpc) is 3.12. The first-order chi connectivity index (χ1) is 23.4. The predicted molar refractivity (Wildman–Crippen MR) is 181 cm³/mol. The first kappa shape index (κ1) is 32.5. The number of nitrogens with zero attached hydrogens (tertiary/aromatic N) is 2. The highest BCUT2D eigenvalue weighted by Crippen LogP contribution is 2.39. The van der Waals surface area contributed by atoms with Crippen LogP contribution in [0, 0.1) is 22.7 Å². The molecule has 234 valence electrons. The highest BCUT2D eigenvalue weighted by atomic mass is 16.5. The van der Waals surface area contributed by atoms with E-state index in [-0.39, 0.29) is 5.57 Å². The zero-order chi connectivity index (χ0) is 33.9. The van der Waals surface area contributed by atoms with E-state index in [9.17, 15) is 20.1 Å². The molecule has 8 nitrogen and oxygen atoms in total. The topological polar surface area (TPSA) is 141 Å². The fraction of sp³-hybridized carbons (Fsp3) is 0.0500. The molecule has 0 atom stereocenters. The summed E-state index contributed by atoms with van der Waals surface area (Å²) in [5.41, 5.74) is 7.06. The van der Waals surface area contributed by atoms with Gasteiger partial charge in [0, 0.05) is 5.57 Å². The first-order valence-electron chi connectivity index (χ1n) is 14.8. The third-order valence-electron chi connectivity index (χ3n) is 7.32. The van der Waals surface area contributed by atoms with E-state index in [1.165, 1.54) is 0 Å². The molecular weight excluding hydrogens is 604 g/mol. The van der Waals surface area contributed by atoms with Crippen LogP contribution in [-0.2, 0) is 9.59 Å². The molecule has 0 saturated heterocycles. The standard InChI is InChI=1S/C40H28N2O6/c41-23-33(24-42)38(27-7-3-1-4-8-27)29-11-13-30(14-12-29)39(28-9-5-2-6-10-28)40(31-15-19-34(20-16-31)47-25-36(43)44)32-17-21-35(22-18-32)48-26-37(45)46/h1-22H,25-26H2,(H,43,44)(H,45,46). The Morgan fingerprint density at radius 3 is 1.08 bits per heavy atom. The van der Waals surface area contributed by atoms with Crippen LogP contribution in [-0.4, -0.2) is 35.4 Å². The average molecular weight is 633 g/mol. The van der Waals surface area contributed by atoms with Gasteiger partial charge in [-0.15, -0.1) is 0 Å². The highest BCUT2D eigenvalue weighted by Gasteiger charge is 2.18. The summed E-state index contributed by atoms with van der Waals surface area (Å²) in [4.78, 5) is 22.1. The second-order valence-electron chi connectivity index (χ2n) is 10.4. The van der Waals surface area contributed by atoms with Crippen molar-refractivity contribution in [3.8, 4) is 23.6 Å². The van der Waals surface area contributed by atoms with E-state index in [1.807, 2.05) is 121 Å². The molecule has 0 unspecified atom stereocenters. The molecule has 0 aromatic heterocycles. The number of ether oxygens (including phenoxy) is 2. The van der Waals surface area contributed by atoms with Gasteiger partial charge in [0.1, 0.15) is 29.2 Å². The van der Waals surface area contributed by atoms with Crippen molar-refractivity contribution < 1.29 is 29.3 Å². The molecule has 5 rings (SSSR count). The van der Waals surface area contributed by atoms with Gasteiger partial charge in [0.15, 0.2) is 13.2 Å². The lowest BCUT2D eigenvalue weighted by Gasteiger charge is -2.19. The van der Waals surface area contributed by atoms with Gasteiger partial charge in [0.2, 0.25) is 0 Å². The number of carboxylic acids is 2. The van der Waals surface area contributed by atoms with Gasteiger partial charge in [-0.2, -0.15) is 10.5 Å². The summed E-state index contributed by atoms with van der Waals surface area (Å²) >= 11 is 0. The largest absolute Gasteiger partial charge is 0.482 e. The van der Waals surface area contributed by atoms with Gasteiger partial charge in [-0.25, -0.2) is 9.59 Å². The molecule has 0 amide bonds. The number of carboxylic acid groups (broad SMARTS) is 2. The smallest absolute Gasteiger partial charge is 0.341 e. The van der Waals surface area contributed by atoms with Crippen LogP contribution >= 0.6 is 0 Å². The minimum Gasteiger partial charge on any atom is -0.482 e. The van der Waals surface area contributed by atoms with Crippen molar-refractivity contribution in [3.05, 3.63) is 172 Å². The Kier molecular flexibility index (Phi) is 10.4. The Bertz CT molecular complexity index is 1970. The minimum absolute atomic E-state index is 0.00359. The third-order valence-corrected chi connectivity index (χ3v) is 7.32. The van der Waals surface area contributed by atoms with Crippen molar-refractivity contribution in [2.75, 3.05) is 13.2 Å². The number of nitriles is 2. The van der Waals surface area contributed by atoms with E-state index in [0.717, 1.165) is 39.0 Å². The van der Waals surface area contributed by atoms with E-state index < -0.39 is 25.2 Å². The maximum Gasteiger partial charge on any atom is 0.341 e. The Hall–Kier alpha value is -6.90. The monoisotopic (exact) mass is 632 g/mol. The lowest BCUT2D eigenvalue weighted by Crippen LogP contribution is -2.09. The van der Waals surface area contributed by atoms with E-state index in [4.69, 9.17) is 19.7 Å². The van der Waals surface area contributed by atoms with Crippen molar-refractivity contribution in [1.82, 2.24) is 0 Å². The van der Waals surface area contributed by atoms with Gasteiger partial charge in [-0.1, -0.05) is 109 Å². The lowest BCUT2D eigenvalue weighted by atomic mass is 9.85. The first-order valence-corrected chi connectivity index (χ1v) is 14.8. The van der Waals surface area contributed by atoms with Crippen molar-refractivity contribution in [2.45, 2.75) is 0 Å². The molecule has 0 bridgehead atoms. The SMILES string of the molecule is N#CC(C#N)=C(c1ccccc1)c1ccc(C(=C(c2ccc(OCC(=O)O)cc2)c2ccc(OCC(=O)O)cc2)c2ccccc2)cc1. The number of allylic oxidation sites excluding steroid dienone is 1. The molecule has 48 heavy (non-hydrogen) atoms. The molecule has 5 aromatic carbocycles. The Morgan fingerprint density at radius 2 is 0.750 bits per heavy atom. The van der Waals surface area contributed by atoms with Crippen LogP contribution < -0.4 is 9.47 Å². The quantitative estimate of drug-likeness (QED) is 0.107. The van der Waals surface area contributed by atoms with Crippen LogP contribution in [0.5, 0.6) is 11.5 Å². The molecule has 0 aliphatic carbocycles. The van der Waals surface area contributed by atoms with Crippen LogP contribution in [0.4, 0.5) is 0 Å². The van der Waals surface area contributed by atoms with E-state index in [1.54, 1.807) is 24.3 Å². The van der Waals surface area contributed by atoms with E-state index >= 15 is 0 Å². The van der Waals surface area contributed by atoms with Crippen LogP contribution in [0.1, 0.15) is 33.4 Å². The molecule has 0 spiro atoms. The molecule has 0 radical (unpaired) electrons. The Morgan fingerprint density at radius 1 is 0.458 bits per heavy atom. The second-order valence-corrected chi connectivity index (χ2v) is 10.4. The molecule has 8 heteroatoms.